The van der Waals surface area contributed by atoms with Gasteiger partial charge in [0.2, 0.25) is 0 Å². The van der Waals surface area contributed by atoms with Crippen molar-refractivity contribution in [2.45, 2.75) is 24.1 Å². The van der Waals surface area contributed by atoms with Gasteiger partial charge < -0.3 is 9.47 Å². The summed E-state index contributed by atoms with van der Waals surface area (Å²) in [5.74, 6) is 1.56. The Balaban J connectivity index is 1.84. The van der Waals surface area contributed by atoms with Crippen LogP contribution < -0.4 is 4.74 Å². The van der Waals surface area contributed by atoms with Crippen LogP contribution in [0.25, 0.3) is 0 Å². The van der Waals surface area contributed by atoms with Crippen molar-refractivity contribution < 1.29 is 9.47 Å². The van der Waals surface area contributed by atoms with Crippen molar-refractivity contribution in [1.82, 2.24) is 0 Å². The summed E-state index contributed by atoms with van der Waals surface area (Å²) < 4.78 is 11.3. The van der Waals surface area contributed by atoms with E-state index in [0.29, 0.717) is 10.7 Å². The topological polar surface area (TPSA) is 18.5 Å². The monoisotopic (exact) mass is 330 g/mol. The molecule has 2 heterocycles. The van der Waals surface area contributed by atoms with Gasteiger partial charge in [0.25, 0.3) is 0 Å². The number of hydrogen-bond donors (Lipinski definition) is 0. The Morgan fingerprint density at radius 3 is 3.06 bits per heavy atom. The molecule has 2 atom stereocenters. The van der Waals surface area contributed by atoms with E-state index in [1.165, 1.54) is 11.1 Å². The zero-order chi connectivity index (χ0) is 12.5. The van der Waals surface area contributed by atoms with Crippen molar-refractivity contribution in [3.8, 4) is 5.75 Å². The first-order valence-corrected chi connectivity index (χ1v) is 7.69. The molecule has 4 heteroatoms. The minimum Gasteiger partial charge on any atom is -0.493 e. The van der Waals surface area contributed by atoms with Crippen molar-refractivity contribution in [2.24, 2.45) is 5.92 Å². The van der Waals surface area contributed by atoms with E-state index in [9.17, 15) is 0 Å². The number of hydrogen-bond acceptors (Lipinski definition) is 2. The lowest BCUT2D eigenvalue weighted by Crippen LogP contribution is -2.29. The molecule has 3 rings (SSSR count). The van der Waals surface area contributed by atoms with Crippen molar-refractivity contribution >= 4 is 27.5 Å². The number of halogens is 2. The molecule has 0 saturated carbocycles. The molecule has 1 saturated heterocycles. The Hall–Kier alpha value is -0.250. The predicted molar refractivity (Wildman–Crippen MR) is 76.0 cm³/mol. The van der Waals surface area contributed by atoms with E-state index in [-0.39, 0.29) is 0 Å². The highest BCUT2D eigenvalue weighted by Crippen LogP contribution is 2.36. The molecule has 0 aliphatic carbocycles. The van der Waals surface area contributed by atoms with Crippen LogP contribution in [0.3, 0.4) is 0 Å². The van der Waals surface area contributed by atoms with Gasteiger partial charge in [-0.3, -0.25) is 0 Å². The molecule has 2 unspecified atom stereocenters. The molecule has 18 heavy (non-hydrogen) atoms. The Labute approximate surface area is 121 Å². The highest BCUT2D eigenvalue weighted by atomic mass is 79.9. The van der Waals surface area contributed by atoms with Crippen molar-refractivity contribution in [2.75, 3.05) is 19.8 Å². The van der Waals surface area contributed by atoms with Gasteiger partial charge in [0.05, 0.1) is 13.2 Å². The molecule has 0 spiro atoms. The fourth-order valence-electron chi connectivity index (χ4n) is 2.74. The molecule has 0 bridgehead atoms. The smallest absolute Gasteiger partial charge is 0.125 e. The summed E-state index contributed by atoms with van der Waals surface area (Å²) in [6.45, 7) is 2.45. The molecule has 98 valence electrons. The first-order chi connectivity index (χ1) is 8.74. The van der Waals surface area contributed by atoms with E-state index >= 15 is 0 Å². The molecule has 0 aromatic heterocycles. The standard InChI is InChI=1S/C14H16BrClO2/c15-13-2-3-17-8-11(13)5-10-7-12(16)6-9-1-4-18-14(9)10/h6-7,11,13H,1-5,8H2. The van der Waals surface area contributed by atoms with Gasteiger partial charge in [0, 0.05) is 22.9 Å². The quantitative estimate of drug-likeness (QED) is 0.771. The number of fused-ring (bicyclic) bond motifs is 1. The SMILES string of the molecule is Clc1cc2c(c(CC3COCCC3Br)c1)OCC2. The van der Waals surface area contributed by atoms with Crippen LogP contribution in [0.1, 0.15) is 17.5 Å². The molecule has 2 nitrogen and oxygen atoms in total. The van der Waals surface area contributed by atoms with Crippen LogP contribution in [0.5, 0.6) is 5.75 Å². The minimum absolute atomic E-state index is 0.505. The summed E-state index contributed by atoms with van der Waals surface area (Å²) >= 11 is 9.94. The summed E-state index contributed by atoms with van der Waals surface area (Å²) in [7, 11) is 0. The molecular weight excluding hydrogens is 316 g/mol. The first-order valence-electron chi connectivity index (χ1n) is 6.40. The lowest BCUT2D eigenvalue weighted by Gasteiger charge is -2.28. The van der Waals surface area contributed by atoms with Gasteiger partial charge in [-0.15, -0.1) is 0 Å². The second kappa shape index (κ2) is 5.40. The number of rotatable bonds is 2. The van der Waals surface area contributed by atoms with E-state index < -0.39 is 0 Å². The van der Waals surface area contributed by atoms with Gasteiger partial charge in [-0.2, -0.15) is 0 Å². The predicted octanol–water partition coefficient (Wildman–Crippen LogP) is 3.62. The van der Waals surface area contributed by atoms with E-state index in [2.05, 4.69) is 15.9 Å². The third-order valence-electron chi connectivity index (χ3n) is 3.69. The Morgan fingerprint density at radius 2 is 2.22 bits per heavy atom. The lowest BCUT2D eigenvalue weighted by atomic mass is 9.92. The molecule has 0 N–H and O–H groups in total. The Bertz CT molecular complexity index is 450. The second-order valence-electron chi connectivity index (χ2n) is 5.00. The Kier molecular flexibility index (Phi) is 3.83. The maximum Gasteiger partial charge on any atom is 0.125 e. The molecule has 1 fully saturated rings. The third kappa shape index (κ3) is 2.54. The van der Waals surface area contributed by atoms with Crippen LogP contribution >= 0.6 is 27.5 Å². The fraction of sp³-hybridized carbons (Fsp3) is 0.571. The summed E-state index contributed by atoms with van der Waals surface area (Å²) in [6, 6.07) is 4.07. The second-order valence-corrected chi connectivity index (χ2v) is 6.61. The molecular formula is C14H16BrClO2. The number of benzene rings is 1. The third-order valence-corrected chi connectivity index (χ3v) is 5.11. The van der Waals surface area contributed by atoms with Crippen molar-refractivity contribution in [1.29, 1.82) is 0 Å². The van der Waals surface area contributed by atoms with Crippen molar-refractivity contribution in [3.05, 3.63) is 28.3 Å². The zero-order valence-electron chi connectivity index (χ0n) is 10.1. The average Bonchev–Trinajstić information content (AvgIpc) is 2.80. The Morgan fingerprint density at radius 1 is 1.33 bits per heavy atom. The van der Waals surface area contributed by atoms with Crippen LogP contribution in [0.15, 0.2) is 12.1 Å². The van der Waals surface area contributed by atoms with Gasteiger partial charge in [-0.05, 0) is 42.0 Å². The summed E-state index contributed by atoms with van der Waals surface area (Å²) in [5.41, 5.74) is 2.48. The van der Waals surface area contributed by atoms with Gasteiger partial charge in [0.15, 0.2) is 0 Å². The van der Waals surface area contributed by atoms with Gasteiger partial charge in [0.1, 0.15) is 5.75 Å². The highest BCUT2D eigenvalue weighted by molar-refractivity contribution is 9.09. The molecule has 0 amide bonds. The van der Waals surface area contributed by atoms with Gasteiger partial charge >= 0.3 is 0 Å². The number of alkyl halides is 1. The minimum atomic E-state index is 0.505. The summed E-state index contributed by atoms with van der Waals surface area (Å²) in [4.78, 5) is 0.530. The van der Waals surface area contributed by atoms with E-state index in [1.807, 2.05) is 12.1 Å². The summed E-state index contributed by atoms with van der Waals surface area (Å²) in [5, 5.41) is 0.817. The van der Waals surface area contributed by atoms with Crippen LogP contribution in [-0.2, 0) is 17.6 Å². The van der Waals surface area contributed by atoms with Gasteiger partial charge in [-0.25, -0.2) is 0 Å². The highest BCUT2D eigenvalue weighted by Gasteiger charge is 2.26. The van der Waals surface area contributed by atoms with Crippen LogP contribution in [-0.4, -0.2) is 24.6 Å². The van der Waals surface area contributed by atoms with E-state index in [0.717, 1.165) is 49.9 Å². The van der Waals surface area contributed by atoms with E-state index in [4.69, 9.17) is 21.1 Å². The normalized spacial score (nSPS) is 26.8. The molecule has 1 aromatic carbocycles. The maximum absolute atomic E-state index is 6.18. The maximum atomic E-state index is 6.18. The van der Waals surface area contributed by atoms with Crippen LogP contribution in [0.4, 0.5) is 0 Å². The first kappa shape index (κ1) is 12.8. The van der Waals surface area contributed by atoms with E-state index in [1.54, 1.807) is 0 Å². The fourth-order valence-corrected chi connectivity index (χ4v) is 3.53. The molecule has 0 radical (unpaired) electrons. The van der Waals surface area contributed by atoms with Crippen molar-refractivity contribution in [3.63, 3.8) is 0 Å². The largest absolute Gasteiger partial charge is 0.493 e. The number of ether oxygens (including phenoxy) is 2. The van der Waals surface area contributed by atoms with Gasteiger partial charge in [-0.1, -0.05) is 27.5 Å². The van der Waals surface area contributed by atoms with Crippen LogP contribution in [0.2, 0.25) is 5.02 Å². The molecule has 2 aliphatic heterocycles. The molecule has 1 aromatic rings. The van der Waals surface area contributed by atoms with Crippen LogP contribution in [0, 0.1) is 5.92 Å². The average molecular weight is 332 g/mol. The zero-order valence-corrected chi connectivity index (χ0v) is 12.5. The summed E-state index contributed by atoms with van der Waals surface area (Å²) in [6.07, 6.45) is 3.02. The molecule has 2 aliphatic rings. The lowest BCUT2D eigenvalue weighted by molar-refractivity contribution is 0.0603.